The van der Waals surface area contributed by atoms with Gasteiger partial charge in [0, 0.05) is 33.3 Å². The topological polar surface area (TPSA) is 157 Å². The van der Waals surface area contributed by atoms with Gasteiger partial charge in [-0.3, -0.25) is 19.2 Å². The fourth-order valence-electron chi connectivity index (χ4n) is 5.33. The second kappa shape index (κ2) is 14.9. The van der Waals surface area contributed by atoms with Gasteiger partial charge in [0.2, 0.25) is 0 Å². The molecule has 1 unspecified atom stereocenters. The highest BCUT2D eigenvalue weighted by Gasteiger charge is 2.53. The first-order valence-corrected chi connectivity index (χ1v) is 14.7. The van der Waals surface area contributed by atoms with E-state index in [1.165, 1.54) is 20.8 Å². The lowest BCUT2D eigenvalue weighted by molar-refractivity contribution is -0.254. The van der Waals surface area contributed by atoms with E-state index in [1.807, 2.05) is 24.3 Å². The lowest BCUT2D eigenvalue weighted by Crippen LogP contribution is -2.59. The molecule has 2 aliphatic rings. The Balaban J connectivity index is 1.87. The van der Waals surface area contributed by atoms with Crippen molar-refractivity contribution >= 4 is 23.9 Å². The molecule has 12 nitrogen and oxygen atoms in total. The van der Waals surface area contributed by atoms with Crippen LogP contribution in [0.15, 0.2) is 36.4 Å². The highest BCUT2D eigenvalue weighted by atomic mass is 16.7. The largest absolute Gasteiger partial charge is 0.497 e. The van der Waals surface area contributed by atoms with Gasteiger partial charge in [-0.15, -0.1) is 0 Å². The van der Waals surface area contributed by atoms with Crippen LogP contribution in [0.25, 0.3) is 0 Å². The van der Waals surface area contributed by atoms with Crippen molar-refractivity contribution in [2.75, 3.05) is 13.7 Å². The standard InChI is InChI=1S/C33H37NO11/c1-18(35)40-17-29-31(41-19(2)36)33(43-21(4)38)32(42-20(3)37)30(45-29)27-14-23(13-22-9-11-25(39-5)12-10-22)24(16-34)15-28(27)44-26-7-6-8-26/h9-12,14-15,26,29-33H,6-8,13,17H2,1-5H3/t29?,30-,31+,32-,33-/m0/s1. The molecule has 0 N–H and O–H groups in total. The minimum atomic E-state index is -1.34. The third-order valence-corrected chi connectivity index (χ3v) is 7.55. The second-order valence-electron chi connectivity index (χ2n) is 11.0. The molecule has 5 atom stereocenters. The number of nitriles is 1. The van der Waals surface area contributed by atoms with Crippen LogP contribution >= 0.6 is 0 Å². The van der Waals surface area contributed by atoms with Gasteiger partial charge < -0.3 is 33.2 Å². The van der Waals surface area contributed by atoms with Gasteiger partial charge in [0.1, 0.15) is 30.3 Å². The summed E-state index contributed by atoms with van der Waals surface area (Å²) in [4.78, 5) is 48.7. The molecular formula is C33H37NO11. The molecule has 2 aromatic carbocycles. The minimum absolute atomic E-state index is 0.103. The van der Waals surface area contributed by atoms with E-state index in [4.69, 9.17) is 33.2 Å². The molecule has 45 heavy (non-hydrogen) atoms. The van der Waals surface area contributed by atoms with Crippen molar-refractivity contribution in [3.63, 3.8) is 0 Å². The van der Waals surface area contributed by atoms with Gasteiger partial charge >= 0.3 is 23.9 Å². The predicted molar refractivity (Wildman–Crippen MR) is 156 cm³/mol. The Morgan fingerprint density at radius 2 is 1.49 bits per heavy atom. The zero-order chi connectivity index (χ0) is 32.7. The van der Waals surface area contributed by atoms with Crippen LogP contribution in [0.2, 0.25) is 0 Å². The van der Waals surface area contributed by atoms with Gasteiger partial charge in [0.15, 0.2) is 18.3 Å². The van der Waals surface area contributed by atoms with Crippen LogP contribution in [0.3, 0.4) is 0 Å². The van der Waals surface area contributed by atoms with Crippen molar-refractivity contribution in [2.24, 2.45) is 0 Å². The number of nitrogens with zero attached hydrogens (tertiary/aromatic N) is 1. The number of benzene rings is 2. The summed E-state index contributed by atoms with van der Waals surface area (Å²) in [6.07, 6.45) is -3.36. The molecule has 2 fully saturated rings. The van der Waals surface area contributed by atoms with Crippen LogP contribution in [0.4, 0.5) is 0 Å². The smallest absolute Gasteiger partial charge is 0.303 e. The van der Waals surface area contributed by atoms with Gasteiger partial charge in [-0.05, 0) is 61.1 Å². The second-order valence-corrected chi connectivity index (χ2v) is 11.0. The minimum Gasteiger partial charge on any atom is -0.497 e. The van der Waals surface area contributed by atoms with Crippen LogP contribution < -0.4 is 9.47 Å². The molecule has 2 aromatic rings. The third-order valence-electron chi connectivity index (χ3n) is 7.55. The molecule has 0 radical (unpaired) electrons. The number of carbonyl (C=O) groups is 4. The number of hydrogen-bond donors (Lipinski definition) is 0. The van der Waals surface area contributed by atoms with E-state index >= 15 is 0 Å². The van der Waals surface area contributed by atoms with E-state index in [1.54, 1.807) is 19.2 Å². The van der Waals surface area contributed by atoms with Gasteiger partial charge in [-0.1, -0.05) is 12.1 Å². The zero-order valence-corrected chi connectivity index (χ0v) is 25.9. The van der Waals surface area contributed by atoms with Crippen molar-refractivity contribution < 1.29 is 52.3 Å². The molecule has 1 aliphatic carbocycles. The number of rotatable bonds is 11. The van der Waals surface area contributed by atoms with Gasteiger partial charge in [-0.2, -0.15) is 5.26 Å². The fraction of sp³-hybridized carbons (Fsp3) is 0.485. The Labute approximate surface area is 261 Å². The van der Waals surface area contributed by atoms with Crippen molar-refractivity contribution in [1.29, 1.82) is 5.26 Å². The van der Waals surface area contributed by atoms with E-state index < -0.39 is 54.4 Å². The van der Waals surface area contributed by atoms with Crippen LogP contribution in [-0.4, -0.2) is 68.1 Å². The number of ether oxygens (including phenoxy) is 7. The predicted octanol–water partition coefficient (Wildman–Crippen LogP) is 3.89. The summed E-state index contributed by atoms with van der Waals surface area (Å²) < 4.78 is 40.2. The summed E-state index contributed by atoms with van der Waals surface area (Å²) in [7, 11) is 1.57. The van der Waals surface area contributed by atoms with Crippen LogP contribution in [0.5, 0.6) is 11.5 Å². The van der Waals surface area contributed by atoms with Gasteiger partial charge in [0.05, 0.1) is 24.8 Å². The molecule has 0 amide bonds. The first-order valence-electron chi connectivity index (χ1n) is 14.7. The van der Waals surface area contributed by atoms with Crippen molar-refractivity contribution in [3.8, 4) is 17.6 Å². The van der Waals surface area contributed by atoms with Crippen molar-refractivity contribution in [3.05, 3.63) is 58.7 Å². The van der Waals surface area contributed by atoms with Crippen molar-refractivity contribution in [2.45, 2.75) is 90.0 Å². The number of hydrogen-bond acceptors (Lipinski definition) is 12. The Morgan fingerprint density at radius 1 is 0.867 bits per heavy atom. The van der Waals surface area contributed by atoms with E-state index in [2.05, 4.69) is 6.07 Å². The summed E-state index contributed by atoms with van der Waals surface area (Å²) in [6, 6.07) is 13.0. The first kappa shape index (κ1) is 33.3. The summed E-state index contributed by atoms with van der Waals surface area (Å²) in [5, 5.41) is 10.1. The highest BCUT2D eigenvalue weighted by molar-refractivity contribution is 5.69. The average molecular weight is 624 g/mol. The quantitative estimate of drug-likeness (QED) is 0.263. The number of methoxy groups -OCH3 is 1. The number of carbonyl (C=O) groups excluding carboxylic acids is 4. The lowest BCUT2D eigenvalue weighted by atomic mass is 9.87. The van der Waals surface area contributed by atoms with E-state index in [9.17, 15) is 24.4 Å². The molecule has 240 valence electrons. The van der Waals surface area contributed by atoms with Crippen LogP contribution in [0.1, 0.15) is 75.3 Å². The molecule has 0 bridgehead atoms. The molecule has 0 spiro atoms. The molecule has 1 aliphatic heterocycles. The zero-order valence-electron chi connectivity index (χ0n) is 25.9. The maximum absolute atomic E-state index is 12.4. The summed E-state index contributed by atoms with van der Waals surface area (Å²) >= 11 is 0. The third kappa shape index (κ3) is 8.51. The summed E-state index contributed by atoms with van der Waals surface area (Å²) in [5.74, 6) is -1.76. The maximum Gasteiger partial charge on any atom is 0.303 e. The van der Waals surface area contributed by atoms with Gasteiger partial charge in [0.25, 0.3) is 0 Å². The lowest BCUT2D eigenvalue weighted by Gasteiger charge is -2.45. The SMILES string of the molecule is COc1ccc(Cc2cc([C@@H]3OC(COC(C)=O)[C@@H](OC(C)=O)[C@H](OC(C)=O)[C@H]3OC(C)=O)c(OC3CCC3)cc2C#N)cc1. The van der Waals surface area contributed by atoms with Gasteiger partial charge in [-0.25, -0.2) is 0 Å². The van der Waals surface area contributed by atoms with Crippen LogP contribution in [-0.2, 0) is 49.3 Å². The normalized spacial score (nSPS) is 22.6. The molecule has 1 saturated heterocycles. The summed E-state index contributed by atoms with van der Waals surface area (Å²) in [5.41, 5.74) is 2.32. The molecule has 12 heteroatoms. The highest BCUT2D eigenvalue weighted by Crippen LogP contribution is 2.43. The fourth-order valence-corrected chi connectivity index (χ4v) is 5.33. The molecule has 1 saturated carbocycles. The van der Waals surface area contributed by atoms with E-state index in [0.29, 0.717) is 34.6 Å². The Morgan fingerprint density at radius 3 is 2.02 bits per heavy atom. The van der Waals surface area contributed by atoms with E-state index in [0.717, 1.165) is 31.7 Å². The first-order chi connectivity index (χ1) is 21.5. The Kier molecular flexibility index (Phi) is 11.0. The summed E-state index contributed by atoms with van der Waals surface area (Å²) in [6.45, 7) is 4.37. The monoisotopic (exact) mass is 623 g/mol. The maximum atomic E-state index is 12.4. The Hall–Kier alpha value is -4.63. The average Bonchev–Trinajstić information content (AvgIpc) is 2.96. The molecule has 0 aromatic heterocycles. The molecule has 1 heterocycles. The molecular weight excluding hydrogens is 586 g/mol. The Bertz CT molecular complexity index is 1440. The number of esters is 4. The van der Waals surface area contributed by atoms with Crippen LogP contribution in [0, 0.1) is 11.3 Å². The molecule has 4 rings (SSSR count). The van der Waals surface area contributed by atoms with E-state index in [-0.39, 0.29) is 12.7 Å². The van der Waals surface area contributed by atoms with Crippen molar-refractivity contribution in [1.82, 2.24) is 0 Å².